The zero-order chi connectivity index (χ0) is 41.4. The molecule has 11 aromatic rings. The van der Waals surface area contributed by atoms with E-state index in [2.05, 4.69) is 203 Å². The fourth-order valence-electron chi connectivity index (χ4n) is 9.84. The second-order valence-corrected chi connectivity index (χ2v) is 16.3. The summed E-state index contributed by atoms with van der Waals surface area (Å²) in [6.45, 7) is 0. The van der Waals surface area contributed by atoms with Gasteiger partial charge < -0.3 is 9.30 Å². The molecule has 0 saturated carbocycles. The lowest BCUT2D eigenvalue weighted by Gasteiger charge is -2.17. The zero-order valence-electron chi connectivity index (χ0n) is 34.0. The van der Waals surface area contributed by atoms with Gasteiger partial charge in [-0.15, -0.1) is 0 Å². The van der Waals surface area contributed by atoms with E-state index in [4.69, 9.17) is 19.7 Å². The van der Waals surface area contributed by atoms with Crippen LogP contribution in [0.3, 0.4) is 0 Å². The molecule has 2 unspecified atom stereocenters. The Morgan fingerprint density at radius 3 is 1.70 bits per heavy atom. The maximum Gasteiger partial charge on any atom is 0.238 e. The van der Waals surface area contributed by atoms with Gasteiger partial charge in [0.1, 0.15) is 11.9 Å². The Morgan fingerprint density at radius 1 is 0.413 bits per heavy atom. The number of ether oxygens (including phenoxy) is 1. The number of allylic oxidation sites excluding steroid dienone is 2. The van der Waals surface area contributed by atoms with Crippen LogP contribution >= 0.6 is 0 Å². The van der Waals surface area contributed by atoms with Gasteiger partial charge in [0.25, 0.3) is 0 Å². The fraction of sp³-hybridized carbons (Fsp3) is 0.0351. The van der Waals surface area contributed by atoms with Crippen LogP contribution in [0.15, 0.2) is 212 Å². The Morgan fingerprint density at radius 2 is 0.984 bits per heavy atom. The highest BCUT2D eigenvalue weighted by Gasteiger charge is 2.32. The molecule has 296 valence electrons. The maximum absolute atomic E-state index is 6.49. The maximum atomic E-state index is 6.49. The van der Waals surface area contributed by atoms with Crippen LogP contribution in [-0.4, -0.2) is 30.2 Å². The summed E-state index contributed by atoms with van der Waals surface area (Å²) < 4.78 is 11.2. The monoisotopic (exact) mass is 807 g/mol. The average molecular weight is 808 g/mol. The van der Waals surface area contributed by atoms with E-state index in [0.29, 0.717) is 17.6 Å². The molecule has 4 heterocycles. The number of hydrogen-bond acceptors (Lipinski definition) is 4. The molecule has 63 heavy (non-hydrogen) atoms. The molecule has 0 N–H and O–H groups in total. The molecule has 3 aromatic heterocycles. The SMILES string of the molecule is C1=CC2Oc3cc(-c4nc(-c5ccccc5)nc(-n5c6ccccc6c6ccc7c8ccccc8n(-c8ccc(-c9ccccc9)cc8-c8ccccc8)c7c65)n4)ccc3C2C=C1. The topological polar surface area (TPSA) is 57.8 Å². The van der Waals surface area contributed by atoms with Crippen molar-refractivity contribution < 1.29 is 4.74 Å². The van der Waals surface area contributed by atoms with Gasteiger partial charge >= 0.3 is 0 Å². The molecule has 1 aliphatic carbocycles. The summed E-state index contributed by atoms with van der Waals surface area (Å²) in [5, 5.41) is 4.54. The van der Waals surface area contributed by atoms with Crippen LogP contribution in [0.25, 0.3) is 100 Å². The van der Waals surface area contributed by atoms with Crippen molar-refractivity contribution in [2.24, 2.45) is 0 Å². The first-order valence-corrected chi connectivity index (χ1v) is 21.4. The Hall–Kier alpha value is -8.35. The summed E-state index contributed by atoms with van der Waals surface area (Å²) >= 11 is 0. The highest BCUT2D eigenvalue weighted by molar-refractivity contribution is 6.24. The van der Waals surface area contributed by atoms with Gasteiger partial charge in [-0.05, 0) is 53.1 Å². The minimum absolute atomic E-state index is 0.0160. The van der Waals surface area contributed by atoms with Gasteiger partial charge in [0.05, 0.1) is 27.8 Å². The van der Waals surface area contributed by atoms with Gasteiger partial charge in [0.15, 0.2) is 11.6 Å². The number of fused-ring (bicyclic) bond motifs is 10. The molecular weight excluding hydrogens is 771 g/mol. The highest BCUT2D eigenvalue weighted by atomic mass is 16.5. The molecule has 0 radical (unpaired) electrons. The summed E-state index contributed by atoms with van der Waals surface area (Å²) in [6, 6.07) is 66.7. The second kappa shape index (κ2) is 14.1. The van der Waals surface area contributed by atoms with E-state index >= 15 is 0 Å². The lowest BCUT2D eigenvalue weighted by molar-refractivity contribution is 0.269. The summed E-state index contributed by atoms with van der Waals surface area (Å²) in [5.41, 5.74) is 12.9. The largest absolute Gasteiger partial charge is 0.485 e. The third-order valence-electron chi connectivity index (χ3n) is 12.7. The Balaban J connectivity index is 1.12. The molecule has 1 aliphatic heterocycles. The number of benzene rings is 8. The lowest BCUT2D eigenvalue weighted by atomic mass is 9.91. The summed E-state index contributed by atoms with van der Waals surface area (Å²) in [7, 11) is 0. The Labute approximate surface area is 363 Å². The smallest absolute Gasteiger partial charge is 0.238 e. The first-order chi connectivity index (χ1) is 31.2. The minimum atomic E-state index is -0.0160. The van der Waals surface area contributed by atoms with Crippen molar-refractivity contribution in [2.75, 3.05) is 0 Å². The normalized spacial score (nSPS) is 15.3. The Bertz CT molecular complexity index is 3660. The quantitative estimate of drug-likeness (QED) is 0.168. The molecule has 0 amide bonds. The fourth-order valence-corrected chi connectivity index (χ4v) is 9.84. The van der Waals surface area contributed by atoms with E-state index in [-0.39, 0.29) is 12.0 Å². The first kappa shape index (κ1) is 35.4. The predicted molar refractivity (Wildman–Crippen MR) is 256 cm³/mol. The van der Waals surface area contributed by atoms with E-state index in [1.807, 2.05) is 18.2 Å². The van der Waals surface area contributed by atoms with Crippen molar-refractivity contribution in [3.63, 3.8) is 0 Å². The molecular formula is C57H37N5O. The van der Waals surface area contributed by atoms with Crippen molar-refractivity contribution >= 4 is 43.6 Å². The van der Waals surface area contributed by atoms with Crippen LogP contribution in [-0.2, 0) is 0 Å². The molecule has 6 nitrogen and oxygen atoms in total. The van der Waals surface area contributed by atoms with E-state index in [1.54, 1.807) is 0 Å². The van der Waals surface area contributed by atoms with Gasteiger partial charge in [0, 0.05) is 49.7 Å². The van der Waals surface area contributed by atoms with Crippen LogP contribution in [0.2, 0.25) is 0 Å². The predicted octanol–water partition coefficient (Wildman–Crippen LogP) is 13.7. The molecule has 13 rings (SSSR count). The van der Waals surface area contributed by atoms with Crippen molar-refractivity contribution in [1.82, 2.24) is 24.1 Å². The molecule has 0 fully saturated rings. The molecule has 0 spiro atoms. The standard InChI is InChI=1S/C57H37N5O/c1-4-16-36(17-5-1)39-29-33-50(47(34-39)37-18-6-2-7-19-37)61-48-25-13-10-22-41(48)45-31-32-46-42-23-11-14-26-49(42)62(54(46)53(45)61)57-59-55(38-20-8-3-9-21-38)58-56(60-57)40-28-30-44-43-24-12-15-27-51(43)63-52(44)35-40/h1-35,43,51H. The van der Waals surface area contributed by atoms with Crippen molar-refractivity contribution in [2.45, 2.75) is 12.0 Å². The zero-order valence-corrected chi connectivity index (χ0v) is 34.0. The molecule has 2 aliphatic rings. The lowest BCUT2D eigenvalue weighted by Crippen LogP contribution is -2.15. The number of hydrogen-bond donors (Lipinski definition) is 0. The first-order valence-electron chi connectivity index (χ1n) is 21.4. The number of aromatic nitrogens is 5. The van der Waals surface area contributed by atoms with Crippen molar-refractivity contribution in [1.29, 1.82) is 0 Å². The third-order valence-corrected chi connectivity index (χ3v) is 12.7. The summed E-state index contributed by atoms with van der Waals surface area (Å²) in [4.78, 5) is 15.9. The summed E-state index contributed by atoms with van der Waals surface area (Å²) in [6.07, 6.45) is 8.48. The van der Waals surface area contributed by atoms with Crippen LogP contribution in [0.5, 0.6) is 5.75 Å². The molecule has 6 heteroatoms. The van der Waals surface area contributed by atoms with Crippen LogP contribution < -0.4 is 4.74 Å². The van der Waals surface area contributed by atoms with Gasteiger partial charge in [-0.1, -0.05) is 176 Å². The van der Waals surface area contributed by atoms with E-state index in [9.17, 15) is 0 Å². The highest BCUT2D eigenvalue weighted by Crippen LogP contribution is 2.45. The van der Waals surface area contributed by atoms with Crippen LogP contribution in [0.4, 0.5) is 0 Å². The van der Waals surface area contributed by atoms with E-state index in [1.165, 1.54) is 16.5 Å². The average Bonchev–Trinajstić information content (AvgIpc) is 4.02. The van der Waals surface area contributed by atoms with Crippen molar-refractivity contribution in [3.8, 4) is 62.4 Å². The van der Waals surface area contributed by atoms with Gasteiger partial charge in [0.2, 0.25) is 5.95 Å². The van der Waals surface area contributed by atoms with Gasteiger partial charge in [-0.25, -0.2) is 4.98 Å². The van der Waals surface area contributed by atoms with E-state index < -0.39 is 0 Å². The number of rotatable bonds is 6. The van der Waals surface area contributed by atoms with Gasteiger partial charge in [-0.3, -0.25) is 4.57 Å². The molecule has 0 saturated heterocycles. The van der Waals surface area contributed by atoms with Crippen molar-refractivity contribution in [3.05, 3.63) is 218 Å². The summed E-state index contributed by atoms with van der Waals surface area (Å²) in [5.74, 6) is 2.76. The third kappa shape index (κ3) is 5.62. The van der Waals surface area contributed by atoms with Crippen LogP contribution in [0.1, 0.15) is 11.5 Å². The van der Waals surface area contributed by atoms with Crippen LogP contribution in [0, 0.1) is 0 Å². The van der Waals surface area contributed by atoms with E-state index in [0.717, 1.165) is 77.5 Å². The second-order valence-electron chi connectivity index (χ2n) is 16.3. The molecule has 8 aromatic carbocycles. The molecule has 2 atom stereocenters. The number of para-hydroxylation sites is 2. The number of nitrogens with zero attached hydrogens (tertiary/aromatic N) is 5. The Kier molecular flexibility index (Phi) is 7.93. The molecule has 0 bridgehead atoms. The minimum Gasteiger partial charge on any atom is -0.485 e. The van der Waals surface area contributed by atoms with Gasteiger partial charge in [-0.2, -0.15) is 9.97 Å².